The van der Waals surface area contributed by atoms with E-state index in [1.165, 1.54) is 13.2 Å². The molecule has 0 aliphatic heterocycles. The third-order valence-electron chi connectivity index (χ3n) is 3.07. The molecule has 0 saturated carbocycles. The third kappa shape index (κ3) is 7.04. The molecule has 25 heavy (non-hydrogen) atoms. The van der Waals surface area contributed by atoms with Crippen LogP contribution in [0.2, 0.25) is 5.02 Å². The van der Waals surface area contributed by atoms with Gasteiger partial charge >= 0.3 is 5.97 Å². The van der Waals surface area contributed by atoms with Gasteiger partial charge in [0, 0.05) is 16.7 Å². The standard InChI is InChI=1S/C11H10N2O2.C8H9ClO/c1-15-11(14)7-6-9-4-2-3-5-10(9)13-8-12;1-6-5-7(9)3-4-8(6)10-2/h2-7,12H,1H3;3-5H,1-2H3. The Bertz CT molecular complexity index is 797. The minimum absolute atomic E-state index is 0.427. The third-order valence-corrected chi connectivity index (χ3v) is 3.31. The normalized spacial score (nSPS) is 9.60. The maximum absolute atomic E-state index is 10.9. The number of esters is 1. The van der Waals surface area contributed by atoms with Crippen molar-refractivity contribution in [2.75, 3.05) is 14.2 Å². The van der Waals surface area contributed by atoms with Crippen LogP contribution in [0.25, 0.3) is 6.08 Å². The summed E-state index contributed by atoms with van der Waals surface area (Å²) in [6.45, 7) is 1.96. The van der Waals surface area contributed by atoms with Crippen LogP contribution in [0.1, 0.15) is 11.1 Å². The minimum Gasteiger partial charge on any atom is -0.496 e. The number of carbonyl (C=O) groups is 1. The van der Waals surface area contributed by atoms with Crippen molar-refractivity contribution in [3.63, 3.8) is 0 Å². The summed E-state index contributed by atoms with van der Waals surface area (Å²) < 4.78 is 9.50. The number of nitrogens with one attached hydrogen (secondary N) is 1. The monoisotopic (exact) mass is 358 g/mol. The molecule has 0 unspecified atom stereocenters. The number of aryl methyl sites for hydroxylation is 1. The fraction of sp³-hybridized carbons (Fsp3) is 0.158. The molecule has 0 fully saturated rings. The van der Waals surface area contributed by atoms with E-state index < -0.39 is 5.97 Å². The number of methoxy groups -OCH3 is 2. The number of hydrogen-bond acceptors (Lipinski definition) is 5. The highest BCUT2D eigenvalue weighted by Crippen LogP contribution is 2.21. The van der Waals surface area contributed by atoms with E-state index in [2.05, 4.69) is 9.73 Å². The fourth-order valence-corrected chi connectivity index (χ4v) is 2.08. The lowest BCUT2D eigenvalue weighted by atomic mass is 10.1. The summed E-state index contributed by atoms with van der Waals surface area (Å²) in [5, 5.41) is 7.51. The molecular formula is C19H19ClN2O3. The van der Waals surface area contributed by atoms with E-state index in [4.69, 9.17) is 21.7 Å². The Morgan fingerprint density at radius 1 is 1.24 bits per heavy atom. The van der Waals surface area contributed by atoms with Crippen LogP contribution in [-0.4, -0.2) is 26.2 Å². The summed E-state index contributed by atoms with van der Waals surface area (Å²) in [7, 11) is 2.96. The Morgan fingerprint density at radius 3 is 2.56 bits per heavy atom. The summed E-state index contributed by atoms with van der Waals surface area (Å²) in [5.41, 5.74) is 2.39. The number of benzene rings is 2. The van der Waals surface area contributed by atoms with Crippen molar-refractivity contribution < 1.29 is 14.3 Å². The number of rotatable bonds is 4. The Morgan fingerprint density at radius 2 is 1.96 bits per heavy atom. The van der Waals surface area contributed by atoms with Crippen LogP contribution in [0.4, 0.5) is 5.69 Å². The number of nitrogens with zero attached hydrogens (tertiary/aromatic N) is 1. The molecule has 0 bridgehead atoms. The lowest BCUT2D eigenvalue weighted by molar-refractivity contribution is -0.134. The Hall–Kier alpha value is -2.88. The number of aliphatic imine (C=N–C) groups is 1. The summed E-state index contributed by atoms with van der Waals surface area (Å²) in [6, 6.07) is 14.6. The van der Waals surface area contributed by atoms with Crippen LogP contribution in [0.15, 0.2) is 53.5 Å². The first-order valence-electron chi connectivity index (χ1n) is 7.29. The zero-order chi connectivity index (χ0) is 18.7. The van der Waals surface area contributed by atoms with E-state index in [1.807, 2.05) is 37.2 Å². The maximum Gasteiger partial charge on any atom is 0.330 e. The van der Waals surface area contributed by atoms with E-state index >= 15 is 0 Å². The molecule has 2 aromatic rings. The number of para-hydroxylation sites is 1. The lowest BCUT2D eigenvalue weighted by Crippen LogP contribution is -1.93. The molecule has 0 aromatic heterocycles. The molecule has 0 saturated heterocycles. The summed E-state index contributed by atoms with van der Waals surface area (Å²) in [5.74, 6) is 0.452. The minimum atomic E-state index is -0.427. The van der Waals surface area contributed by atoms with Crippen molar-refractivity contribution in [1.82, 2.24) is 0 Å². The largest absolute Gasteiger partial charge is 0.496 e. The molecule has 6 heteroatoms. The predicted molar refractivity (Wildman–Crippen MR) is 100 cm³/mol. The lowest BCUT2D eigenvalue weighted by Gasteiger charge is -2.02. The summed E-state index contributed by atoms with van der Waals surface area (Å²) >= 11 is 5.72. The number of ether oxygens (including phenoxy) is 2. The van der Waals surface area contributed by atoms with Gasteiger partial charge in [-0.1, -0.05) is 29.8 Å². The Labute approximate surface area is 152 Å². The van der Waals surface area contributed by atoms with Crippen LogP contribution >= 0.6 is 11.6 Å². The number of hydrogen-bond donors (Lipinski definition) is 1. The van der Waals surface area contributed by atoms with Crippen molar-refractivity contribution >= 4 is 35.3 Å². The fourth-order valence-electron chi connectivity index (χ4n) is 1.86. The van der Waals surface area contributed by atoms with Crippen LogP contribution in [0.5, 0.6) is 5.75 Å². The average Bonchev–Trinajstić information content (AvgIpc) is 2.61. The molecule has 2 aromatic carbocycles. The Balaban J connectivity index is 0.000000271. The van der Waals surface area contributed by atoms with Crippen LogP contribution < -0.4 is 4.74 Å². The van der Waals surface area contributed by atoms with Gasteiger partial charge in [0.15, 0.2) is 0 Å². The molecular weight excluding hydrogens is 340 g/mol. The van der Waals surface area contributed by atoms with Gasteiger partial charge in [0.25, 0.3) is 0 Å². The molecule has 1 N–H and O–H groups in total. The van der Waals surface area contributed by atoms with Crippen molar-refractivity contribution in [2.24, 2.45) is 4.99 Å². The molecule has 0 aliphatic rings. The van der Waals surface area contributed by atoms with Gasteiger partial charge in [-0.25, -0.2) is 10.2 Å². The van der Waals surface area contributed by atoms with Gasteiger partial charge in [-0.3, -0.25) is 0 Å². The molecule has 0 spiro atoms. The van der Waals surface area contributed by atoms with E-state index in [-0.39, 0.29) is 0 Å². The highest BCUT2D eigenvalue weighted by Gasteiger charge is 1.97. The van der Waals surface area contributed by atoms with Crippen molar-refractivity contribution in [2.45, 2.75) is 6.92 Å². The molecule has 5 nitrogen and oxygen atoms in total. The highest BCUT2D eigenvalue weighted by atomic mass is 35.5. The Kier molecular flexibility index (Phi) is 8.72. The van der Waals surface area contributed by atoms with Crippen LogP contribution in [-0.2, 0) is 9.53 Å². The molecule has 0 amide bonds. The topological polar surface area (TPSA) is 71.7 Å². The van der Waals surface area contributed by atoms with Gasteiger partial charge in [-0.15, -0.1) is 0 Å². The zero-order valence-corrected chi connectivity index (χ0v) is 15.0. The molecule has 0 heterocycles. The average molecular weight is 359 g/mol. The van der Waals surface area contributed by atoms with Gasteiger partial charge < -0.3 is 9.47 Å². The van der Waals surface area contributed by atoms with Gasteiger partial charge in [0.1, 0.15) is 5.75 Å². The zero-order valence-electron chi connectivity index (χ0n) is 14.2. The second kappa shape index (κ2) is 10.8. The van der Waals surface area contributed by atoms with E-state index in [9.17, 15) is 4.79 Å². The first-order chi connectivity index (χ1) is 12.0. The van der Waals surface area contributed by atoms with E-state index in [1.54, 1.807) is 31.4 Å². The molecule has 2 rings (SSSR count). The predicted octanol–water partition coefficient (Wildman–Crippen LogP) is 4.91. The SMILES string of the molecule is COC(=O)C=Cc1ccccc1N=C=N.COc1ccc(Cl)cc1C. The summed E-state index contributed by atoms with van der Waals surface area (Å²) in [4.78, 5) is 14.6. The van der Waals surface area contributed by atoms with Gasteiger partial charge in [0.2, 0.25) is 0 Å². The second-order valence-electron chi connectivity index (χ2n) is 4.75. The first-order valence-corrected chi connectivity index (χ1v) is 7.67. The molecule has 0 radical (unpaired) electrons. The molecule has 0 atom stereocenters. The summed E-state index contributed by atoms with van der Waals surface area (Å²) in [6.07, 6.45) is 2.89. The number of halogens is 1. The quantitative estimate of drug-likeness (QED) is 0.479. The van der Waals surface area contributed by atoms with Crippen molar-refractivity contribution in [1.29, 1.82) is 5.41 Å². The second-order valence-corrected chi connectivity index (χ2v) is 5.19. The number of carbonyl (C=O) groups excluding carboxylic acids is 1. The first kappa shape index (κ1) is 20.2. The van der Waals surface area contributed by atoms with Crippen molar-refractivity contribution in [3.8, 4) is 5.75 Å². The van der Waals surface area contributed by atoms with E-state index in [0.717, 1.165) is 21.9 Å². The highest BCUT2D eigenvalue weighted by molar-refractivity contribution is 6.30. The molecule has 0 aliphatic carbocycles. The molecule has 130 valence electrons. The van der Waals surface area contributed by atoms with Gasteiger partial charge in [-0.05, 0) is 42.8 Å². The van der Waals surface area contributed by atoms with Gasteiger partial charge in [-0.2, -0.15) is 4.99 Å². The van der Waals surface area contributed by atoms with E-state index in [0.29, 0.717) is 5.69 Å². The smallest absolute Gasteiger partial charge is 0.330 e. The maximum atomic E-state index is 10.9. The van der Waals surface area contributed by atoms with Crippen molar-refractivity contribution in [3.05, 3.63) is 64.7 Å². The van der Waals surface area contributed by atoms with Crippen LogP contribution in [0, 0.1) is 12.3 Å². The van der Waals surface area contributed by atoms with Gasteiger partial charge in [0.05, 0.1) is 25.9 Å². The van der Waals surface area contributed by atoms with Crippen LogP contribution in [0.3, 0.4) is 0 Å².